The summed E-state index contributed by atoms with van der Waals surface area (Å²) < 4.78 is 5.27. The van der Waals surface area contributed by atoms with Crippen LogP contribution in [0, 0.1) is 6.92 Å². The molecule has 76 valence electrons. The molecule has 0 saturated heterocycles. The predicted molar refractivity (Wildman–Crippen MR) is 51.6 cm³/mol. The van der Waals surface area contributed by atoms with Gasteiger partial charge >= 0.3 is 0 Å². The number of aliphatic hydroxyl groups excluding tert-OH is 1. The second-order valence-electron chi connectivity index (χ2n) is 2.88. The molecule has 0 atom stereocenters. The van der Waals surface area contributed by atoms with Gasteiger partial charge in [0, 0.05) is 18.7 Å². The van der Waals surface area contributed by atoms with Gasteiger partial charge < -0.3 is 9.84 Å². The number of nitrogens with zero attached hydrogens (tertiary/aromatic N) is 1. The molecule has 0 amide bonds. The molecule has 0 saturated carbocycles. The van der Waals surface area contributed by atoms with Gasteiger partial charge in [0.2, 0.25) is 0 Å². The molecule has 0 unspecified atom stereocenters. The van der Waals surface area contributed by atoms with Crippen LogP contribution in [0.1, 0.15) is 22.6 Å². The maximum absolute atomic E-state index is 10.6. The van der Waals surface area contributed by atoms with E-state index < -0.39 is 0 Å². The van der Waals surface area contributed by atoms with Crippen molar-refractivity contribution < 1.29 is 14.6 Å². The van der Waals surface area contributed by atoms with Crippen molar-refractivity contribution in [2.75, 3.05) is 13.2 Å². The van der Waals surface area contributed by atoms with E-state index >= 15 is 0 Å². The Labute approximate surface area is 82.5 Å². The summed E-state index contributed by atoms with van der Waals surface area (Å²) in [5.41, 5.74) is 1.09. The number of hydrogen-bond acceptors (Lipinski definition) is 4. The summed E-state index contributed by atoms with van der Waals surface area (Å²) in [5, 5.41) is 8.55. The second-order valence-corrected chi connectivity index (χ2v) is 2.88. The van der Waals surface area contributed by atoms with Crippen molar-refractivity contribution >= 4 is 6.29 Å². The SMILES string of the molecule is Cc1ccc(OCCCO)c(C=O)n1. The van der Waals surface area contributed by atoms with Crippen molar-refractivity contribution in [3.8, 4) is 5.75 Å². The minimum atomic E-state index is 0.0791. The topological polar surface area (TPSA) is 59.4 Å². The highest BCUT2D eigenvalue weighted by Gasteiger charge is 2.03. The number of pyridine rings is 1. The van der Waals surface area contributed by atoms with Crippen LogP contribution in [-0.4, -0.2) is 29.6 Å². The molecule has 1 aromatic rings. The van der Waals surface area contributed by atoms with Crippen LogP contribution in [0.15, 0.2) is 12.1 Å². The van der Waals surface area contributed by atoms with Gasteiger partial charge in [0.05, 0.1) is 6.61 Å². The van der Waals surface area contributed by atoms with Crippen LogP contribution in [-0.2, 0) is 0 Å². The molecule has 0 radical (unpaired) electrons. The highest BCUT2D eigenvalue weighted by atomic mass is 16.5. The van der Waals surface area contributed by atoms with Crippen LogP contribution >= 0.6 is 0 Å². The first-order valence-corrected chi connectivity index (χ1v) is 4.44. The van der Waals surface area contributed by atoms with Gasteiger partial charge in [0.15, 0.2) is 6.29 Å². The molecule has 0 aromatic carbocycles. The van der Waals surface area contributed by atoms with Crippen molar-refractivity contribution in [2.45, 2.75) is 13.3 Å². The van der Waals surface area contributed by atoms with Gasteiger partial charge in [-0.05, 0) is 19.1 Å². The maximum atomic E-state index is 10.6. The number of aldehydes is 1. The molecular weight excluding hydrogens is 182 g/mol. The van der Waals surface area contributed by atoms with E-state index in [-0.39, 0.29) is 6.61 Å². The molecule has 1 N–H and O–H groups in total. The molecular formula is C10H13NO3. The third-order valence-electron chi connectivity index (χ3n) is 1.70. The lowest BCUT2D eigenvalue weighted by atomic mass is 10.3. The normalized spacial score (nSPS) is 9.86. The van der Waals surface area contributed by atoms with Gasteiger partial charge in [0.25, 0.3) is 0 Å². The minimum Gasteiger partial charge on any atom is -0.491 e. The molecule has 0 aliphatic rings. The summed E-state index contributed by atoms with van der Waals surface area (Å²) in [6.07, 6.45) is 1.22. The Morgan fingerprint density at radius 3 is 3.00 bits per heavy atom. The average Bonchev–Trinajstić information content (AvgIpc) is 2.20. The second kappa shape index (κ2) is 5.34. The Kier molecular flexibility index (Phi) is 4.07. The summed E-state index contributed by atoms with van der Waals surface area (Å²) in [4.78, 5) is 14.6. The fraction of sp³-hybridized carbons (Fsp3) is 0.400. The molecule has 0 fully saturated rings. The Morgan fingerprint density at radius 1 is 1.57 bits per heavy atom. The molecule has 0 aliphatic carbocycles. The van der Waals surface area contributed by atoms with Crippen molar-refractivity contribution in [2.24, 2.45) is 0 Å². The van der Waals surface area contributed by atoms with Crippen molar-refractivity contribution in [3.05, 3.63) is 23.5 Å². The first kappa shape index (κ1) is 10.7. The number of aromatic nitrogens is 1. The van der Waals surface area contributed by atoms with Gasteiger partial charge in [-0.3, -0.25) is 4.79 Å². The van der Waals surface area contributed by atoms with E-state index in [1.54, 1.807) is 12.1 Å². The fourth-order valence-corrected chi connectivity index (χ4v) is 1.02. The largest absolute Gasteiger partial charge is 0.491 e. The van der Waals surface area contributed by atoms with E-state index in [0.717, 1.165) is 5.69 Å². The molecule has 1 rings (SSSR count). The fourth-order valence-electron chi connectivity index (χ4n) is 1.02. The number of aryl methyl sites for hydroxylation is 1. The van der Waals surface area contributed by atoms with Crippen LogP contribution in [0.3, 0.4) is 0 Å². The average molecular weight is 195 g/mol. The Balaban J connectivity index is 2.70. The van der Waals surface area contributed by atoms with E-state index in [4.69, 9.17) is 9.84 Å². The van der Waals surface area contributed by atoms with Crippen molar-refractivity contribution in [3.63, 3.8) is 0 Å². The highest BCUT2D eigenvalue weighted by molar-refractivity contribution is 5.76. The smallest absolute Gasteiger partial charge is 0.172 e. The third kappa shape index (κ3) is 2.81. The lowest BCUT2D eigenvalue weighted by molar-refractivity contribution is 0.111. The van der Waals surface area contributed by atoms with Crippen molar-refractivity contribution in [1.29, 1.82) is 0 Å². The summed E-state index contributed by atoms with van der Waals surface area (Å²) in [7, 11) is 0. The lowest BCUT2D eigenvalue weighted by Crippen LogP contribution is -2.03. The monoisotopic (exact) mass is 195 g/mol. The first-order chi connectivity index (χ1) is 6.77. The predicted octanol–water partition coefficient (Wildman–Crippen LogP) is 0.964. The van der Waals surface area contributed by atoms with Gasteiger partial charge in [-0.25, -0.2) is 4.98 Å². The van der Waals surface area contributed by atoms with E-state index in [1.165, 1.54) is 0 Å². The summed E-state index contributed by atoms with van der Waals surface area (Å²) in [6.45, 7) is 2.28. The highest BCUT2D eigenvalue weighted by Crippen LogP contribution is 2.14. The first-order valence-electron chi connectivity index (χ1n) is 4.44. The minimum absolute atomic E-state index is 0.0791. The van der Waals surface area contributed by atoms with Crippen LogP contribution in [0.25, 0.3) is 0 Å². The number of carbonyl (C=O) groups excluding carboxylic acids is 1. The zero-order valence-electron chi connectivity index (χ0n) is 8.06. The van der Waals surface area contributed by atoms with E-state index in [9.17, 15) is 4.79 Å². The quantitative estimate of drug-likeness (QED) is 0.561. The standard InChI is InChI=1S/C10H13NO3/c1-8-3-4-10(9(7-13)11-8)14-6-2-5-12/h3-4,7,12H,2,5-6H2,1H3. The Hall–Kier alpha value is -1.42. The molecule has 0 spiro atoms. The molecule has 0 bridgehead atoms. The molecule has 0 aliphatic heterocycles. The molecule has 1 aromatic heterocycles. The number of rotatable bonds is 5. The Morgan fingerprint density at radius 2 is 2.36 bits per heavy atom. The zero-order chi connectivity index (χ0) is 10.4. The van der Waals surface area contributed by atoms with Crippen LogP contribution in [0.5, 0.6) is 5.75 Å². The van der Waals surface area contributed by atoms with Crippen molar-refractivity contribution in [1.82, 2.24) is 4.98 Å². The maximum Gasteiger partial charge on any atom is 0.172 e. The molecule has 1 heterocycles. The number of aliphatic hydroxyl groups is 1. The van der Waals surface area contributed by atoms with Crippen LogP contribution in [0.4, 0.5) is 0 Å². The third-order valence-corrected chi connectivity index (χ3v) is 1.70. The molecule has 14 heavy (non-hydrogen) atoms. The Bertz CT molecular complexity index is 312. The van der Waals surface area contributed by atoms with E-state index in [2.05, 4.69) is 4.98 Å². The van der Waals surface area contributed by atoms with Gasteiger partial charge in [-0.1, -0.05) is 0 Å². The summed E-state index contributed by atoms with van der Waals surface area (Å²) >= 11 is 0. The number of ether oxygens (including phenoxy) is 1. The van der Waals surface area contributed by atoms with Crippen LogP contribution < -0.4 is 4.74 Å². The van der Waals surface area contributed by atoms with Crippen LogP contribution in [0.2, 0.25) is 0 Å². The van der Waals surface area contributed by atoms with Gasteiger partial charge in [0.1, 0.15) is 11.4 Å². The number of carbonyl (C=O) groups is 1. The van der Waals surface area contributed by atoms with Gasteiger partial charge in [-0.15, -0.1) is 0 Å². The lowest BCUT2D eigenvalue weighted by Gasteiger charge is -2.06. The summed E-state index contributed by atoms with van der Waals surface area (Å²) in [6, 6.07) is 3.49. The van der Waals surface area contributed by atoms with E-state index in [0.29, 0.717) is 30.8 Å². The molecule has 4 heteroatoms. The molecule has 4 nitrogen and oxygen atoms in total. The summed E-state index contributed by atoms with van der Waals surface area (Å²) in [5.74, 6) is 0.471. The number of hydrogen-bond donors (Lipinski definition) is 1. The van der Waals surface area contributed by atoms with E-state index in [1.807, 2.05) is 6.92 Å². The van der Waals surface area contributed by atoms with Gasteiger partial charge in [-0.2, -0.15) is 0 Å². The zero-order valence-corrected chi connectivity index (χ0v) is 8.06.